The highest BCUT2D eigenvalue weighted by Gasteiger charge is 2.06. The summed E-state index contributed by atoms with van der Waals surface area (Å²) < 4.78 is 6.51. The summed E-state index contributed by atoms with van der Waals surface area (Å²) in [4.78, 5) is 11.7. The Morgan fingerprint density at radius 1 is 1.38 bits per heavy atom. The number of methoxy groups -OCH3 is 1. The van der Waals surface area contributed by atoms with E-state index in [1.165, 1.54) is 4.68 Å². The van der Waals surface area contributed by atoms with E-state index in [0.29, 0.717) is 6.61 Å². The first-order valence-electron chi connectivity index (χ1n) is 5.08. The van der Waals surface area contributed by atoms with Crippen LogP contribution in [0.25, 0.3) is 5.69 Å². The second kappa shape index (κ2) is 4.37. The standard InChI is InChI=1S/C12H14N2O2/c1-9-5-3-4-6-11(9)14-12(15)7-10(13-14)8-16-2/h3-7,13H,8H2,1-2H3. The van der Waals surface area contributed by atoms with Crippen molar-refractivity contribution >= 4 is 0 Å². The SMILES string of the molecule is COCc1cc(=O)n(-c2ccccc2C)[nH]1. The molecule has 0 spiro atoms. The molecule has 0 saturated heterocycles. The molecule has 0 aliphatic rings. The van der Waals surface area contributed by atoms with Gasteiger partial charge in [0.2, 0.25) is 0 Å². The van der Waals surface area contributed by atoms with E-state index >= 15 is 0 Å². The third-order valence-electron chi connectivity index (χ3n) is 2.43. The molecule has 0 amide bonds. The summed E-state index contributed by atoms with van der Waals surface area (Å²) >= 11 is 0. The van der Waals surface area contributed by atoms with Crippen LogP contribution >= 0.6 is 0 Å². The molecule has 0 aliphatic carbocycles. The van der Waals surface area contributed by atoms with Gasteiger partial charge in [0.25, 0.3) is 5.56 Å². The number of hydrogen-bond acceptors (Lipinski definition) is 2. The number of aromatic amines is 1. The molecule has 84 valence electrons. The van der Waals surface area contributed by atoms with Crippen molar-refractivity contribution in [2.75, 3.05) is 7.11 Å². The molecule has 0 bridgehead atoms. The maximum absolute atomic E-state index is 11.7. The Labute approximate surface area is 93.5 Å². The molecular formula is C12H14N2O2. The molecule has 4 nitrogen and oxygen atoms in total. The number of benzene rings is 1. The van der Waals surface area contributed by atoms with Crippen molar-refractivity contribution < 1.29 is 4.74 Å². The number of nitrogens with zero attached hydrogens (tertiary/aromatic N) is 1. The summed E-state index contributed by atoms with van der Waals surface area (Å²) in [7, 11) is 1.60. The van der Waals surface area contributed by atoms with E-state index in [2.05, 4.69) is 5.10 Å². The van der Waals surface area contributed by atoms with Gasteiger partial charge in [0.1, 0.15) is 0 Å². The van der Waals surface area contributed by atoms with Gasteiger partial charge in [0.15, 0.2) is 0 Å². The Morgan fingerprint density at radius 2 is 2.12 bits per heavy atom. The monoisotopic (exact) mass is 218 g/mol. The fraction of sp³-hybridized carbons (Fsp3) is 0.250. The summed E-state index contributed by atoms with van der Waals surface area (Å²) in [5.41, 5.74) is 2.63. The van der Waals surface area contributed by atoms with E-state index in [0.717, 1.165) is 16.9 Å². The lowest BCUT2D eigenvalue weighted by Crippen LogP contribution is -2.14. The highest BCUT2D eigenvalue weighted by Crippen LogP contribution is 2.10. The second-order valence-corrected chi connectivity index (χ2v) is 3.67. The summed E-state index contributed by atoms with van der Waals surface area (Å²) in [5, 5.41) is 3.02. The van der Waals surface area contributed by atoms with E-state index in [-0.39, 0.29) is 5.56 Å². The maximum atomic E-state index is 11.7. The molecule has 0 aliphatic heterocycles. The molecule has 1 N–H and O–H groups in total. The van der Waals surface area contributed by atoms with Crippen LogP contribution in [0.2, 0.25) is 0 Å². The van der Waals surface area contributed by atoms with Crippen molar-refractivity contribution in [1.82, 2.24) is 9.78 Å². The van der Waals surface area contributed by atoms with E-state index in [4.69, 9.17) is 4.74 Å². The Hall–Kier alpha value is -1.81. The van der Waals surface area contributed by atoms with Gasteiger partial charge in [-0.25, -0.2) is 4.68 Å². The highest BCUT2D eigenvalue weighted by molar-refractivity contribution is 5.39. The van der Waals surface area contributed by atoms with Crippen molar-refractivity contribution in [3.63, 3.8) is 0 Å². The molecule has 0 saturated carbocycles. The Balaban J connectivity index is 2.48. The fourth-order valence-corrected chi connectivity index (χ4v) is 1.67. The first kappa shape index (κ1) is 10.7. The van der Waals surface area contributed by atoms with Gasteiger partial charge in [-0.15, -0.1) is 0 Å². The van der Waals surface area contributed by atoms with Crippen LogP contribution in [0.3, 0.4) is 0 Å². The summed E-state index contributed by atoms with van der Waals surface area (Å²) in [5.74, 6) is 0. The number of ether oxygens (including phenoxy) is 1. The predicted octanol–water partition coefficient (Wildman–Crippen LogP) is 1.62. The molecule has 2 aromatic rings. The lowest BCUT2D eigenvalue weighted by Gasteiger charge is -2.05. The minimum Gasteiger partial charge on any atom is -0.378 e. The molecule has 0 unspecified atom stereocenters. The maximum Gasteiger partial charge on any atom is 0.271 e. The quantitative estimate of drug-likeness (QED) is 0.851. The lowest BCUT2D eigenvalue weighted by atomic mass is 10.2. The Kier molecular flexibility index (Phi) is 2.92. The van der Waals surface area contributed by atoms with E-state index in [1.807, 2.05) is 31.2 Å². The second-order valence-electron chi connectivity index (χ2n) is 3.67. The Morgan fingerprint density at radius 3 is 2.81 bits per heavy atom. The van der Waals surface area contributed by atoms with Crippen LogP contribution in [0, 0.1) is 6.92 Å². The Bertz CT molecular complexity index is 540. The fourth-order valence-electron chi connectivity index (χ4n) is 1.67. The number of nitrogens with one attached hydrogen (secondary N) is 1. The van der Waals surface area contributed by atoms with Crippen LogP contribution in [0.1, 0.15) is 11.3 Å². The van der Waals surface area contributed by atoms with Crippen LogP contribution in [0.4, 0.5) is 0 Å². The van der Waals surface area contributed by atoms with Crippen LogP contribution in [0.15, 0.2) is 35.1 Å². The van der Waals surface area contributed by atoms with E-state index < -0.39 is 0 Å². The number of H-pyrrole nitrogens is 1. The predicted molar refractivity (Wildman–Crippen MR) is 61.8 cm³/mol. The number of para-hydroxylation sites is 1. The molecule has 2 rings (SSSR count). The average Bonchev–Trinajstić information content (AvgIpc) is 2.61. The third-order valence-corrected chi connectivity index (χ3v) is 2.43. The summed E-state index contributed by atoms with van der Waals surface area (Å²) in [6.45, 7) is 2.38. The number of aryl methyl sites for hydroxylation is 1. The minimum absolute atomic E-state index is 0.0682. The molecule has 0 atom stereocenters. The van der Waals surface area contributed by atoms with Gasteiger partial charge < -0.3 is 4.74 Å². The van der Waals surface area contributed by atoms with Crippen LogP contribution in [-0.2, 0) is 11.3 Å². The van der Waals surface area contributed by atoms with Crippen molar-refractivity contribution in [1.29, 1.82) is 0 Å². The van der Waals surface area contributed by atoms with Gasteiger partial charge in [-0.05, 0) is 18.6 Å². The smallest absolute Gasteiger partial charge is 0.271 e. The van der Waals surface area contributed by atoms with Gasteiger partial charge >= 0.3 is 0 Å². The molecule has 1 heterocycles. The zero-order valence-electron chi connectivity index (χ0n) is 9.36. The zero-order valence-corrected chi connectivity index (χ0v) is 9.36. The van der Waals surface area contributed by atoms with Crippen molar-refractivity contribution in [2.24, 2.45) is 0 Å². The summed E-state index contributed by atoms with van der Waals surface area (Å²) in [6.07, 6.45) is 0. The largest absolute Gasteiger partial charge is 0.378 e. The molecule has 0 fully saturated rings. The summed E-state index contributed by atoms with van der Waals surface area (Å²) in [6, 6.07) is 9.28. The van der Waals surface area contributed by atoms with Crippen molar-refractivity contribution in [2.45, 2.75) is 13.5 Å². The number of aromatic nitrogens is 2. The van der Waals surface area contributed by atoms with Gasteiger partial charge in [-0.2, -0.15) is 0 Å². The molecule has 1 aromatic carbocycles. The molecule has 4 heteroatoms. The number of hydrogen-bond donors (Lipinski definition) is 1. The molecule has 16 heavy (non-hydrogen) atoms. The first-order valence-corrected chi connectivity index (χ1v) is 5.08. The van der Waals surface area contributed by atoms with E-state index in [1.54, 1.807) is 13.2 Å². The third kappa shape index (κ3) is 1.92. The minimum atomic E-state index is -0.0682. The van der Waals surface area contributed by atoms with Gasteiger partial charge in [0, 0.05) is 13.2 Å². The molecular weight excluding hydrogens is 204 g/mol. The van der Waals surface area contributed by atoms with Crippen molar-refractivity contribution in [3.8, 4) is 5.69 Å². The topological polar surface area (TPSA) is 47.0 Å². The van der Waals surface area contributed by atoms with Crippen molar-refractivity contribution in [3.05, 3.63) is 51.9 Å². The average molecular weight is 218 g/mol. The highest BCUT2D eigenvalue weighted by atomic mass is 16.5. The first-order chi connectivity index (χ1) is 7.72. The van der Waals surface area contributed by atoms with Gasteiger partial charge in [0.05, 0.1) is 18.0 Å². The van der Waals surface area contributed by atoms with Gasteiger partial charge in [-0.3, -0.25) is 9.89 Å². The molecule has 1 aromatic heterocycles. The van der Waals surface area contributed by atoms with E-state index in [9.17, 15) is 4.79 Å². The van der Waals surface area contributed by atoms with Crippen LogP contribution in [-0.4, -0.2) is 16.9 Å². The number of rotatable bonds is 3. The van der Waals surface area contributed by atoms with Crippen LogP contribution in [0.5, 0.6) is 0 Å². The van der Waals surface area contributed by atoms with Crippen LogP contribution < -0.4 is 5.56 Å². The normalized spacial score (nSPS) is 10.6. The molecule has 0 radical (unpaired) electrons. The zero-order chi connectivity index (χ0) is 11.5. The lowest BCUT2D eigenvalue weighted by molar-refractivity contribution is 0.181. The van der Waals surface area contributed by atoms with Gasteiger partial charge in [-0.1, -0.05) is 18.2 Å².